The molecule has 2 unspecified atom stereocenters. The van der Waals surface area contributed by atoms with Crippen LogP contribution in [0.15, 0.2) is 12.2 Å². The molecule has 0 N–H and O–H groups in total. The zero-order valence-corrected chi connectivity index (χ0v) is 8.77. The summed E-state index contributed by atoms with van der Waals surface area (Å²) in [4.78, 5) is 0. The van der Waals surface area contributed by atoms with Gasteiger partial charge in [0.05, 0.1) is 19.3 Å². The highest BCUT2D eigenvalue weighted by Gasteiger charge is 2.18. The standard InChI is InChI=1S/C10H18O4/c1-9-7-13-10(14-9)5-3-4-6-12-8-11-2/h3,5,9-10H,4,6-8H2,1-2H3. The Balaban J connectivity index is 1.97. The van der Waals surface area contributed by atoms with Crippen molar-refractivity contribution in [3.05, 3.63) is 12.2 Å². The van der Waals surface area contributed by atoms with E-state index in [0.29, 0.717) is 20.0 Å². The molecule has 0 aromatic carbocycles. The molecule has 1 saturated heterocycles. The fourth-order valence-corrected chi connectivity index (χ4v) is 1.14. The third kappa shape index (κ3) is 4.72. The highest BCUT2D eigenvalue weighted by atomic mass is 16.7. The van der Waals surface area contributed by atoms with Crippen LogP contribution in [-0.4, -0.2) is 39.5 Å². The largest absolute Gasteiger partial charge is 0.359 e. The first-order chi connectivity index (χ1) is 6.83. The van der Waals surface area contributed by atoms with Crippen LogP contribution in [0.2, 0.25) is 0 Å². The Morgan fingerprint density at radius 3 is 3.00 bits per heavy atom. The van der Waals surface area contributed by atoms with Crippen LogP contribution >= 0.6 is 0 Å². The maximum atomic E-state index is 5.41. The Kier molecular flexibility index (Phi) is 5.78. The van der Waals surface area contributed by atoms with Crippen LogP contribution in [0.5, 0.6) is 0 Å². The summed E-state index contributed by atoms with van der Waals surface area (Å²) >= 11 is 0. The third-order valence-electron chi connectivity index (χ3n) is 1.78. The number of hydrogen-bond donors (Lipinski definition) is 0. The molecule has 14 heavy (non-hydrogen) atoms. The van der Waals surface area contributed by atoms with Crippen LogP contribution < -0.4 is 0 Å². The summed E-state index contributed by atoms with van der Waals surface area (Å²) in [5.74, 6) is 0. The molecule has 1 aliphatic rings. The Morgan fingerprint density at radius 1 is 1.50 bits per heavy atom. The predicted octanol–water partition coefficient (Wildman–Crippen LogP) is 1.31. The maximum absolute atomic E-state index is 5.41. The van der Waals surface area contributed by atoms with E-state index in [4.69, 9.17) is 18.9 Å². The first-order valence-electron chi connectivity index (χ1n) is 4.83. The molecular formula is C10H18O4. The lowest BCUT2D eigenvalue weighted by molar-refractivity contribution is -0.0292. The molecule has 0 bridgehead atoms. The zero-order chi connectivity index (χ0) is 10.2. The van der Waals surface area contributed by atoms with Crippen LogP contribution in [0.25, 0.3) is 0 Å². The summed E-state index contributed by atoms with van der Waals surface area (Å²) in [6.45, 7) is 3.68. The van der Waals surface area contributed by atoms with Crippen LogP contribution in [0, 0.1) is 0 Å². The summed E-state index contributed by atoms with van der Waals surface area (Å²) in [6, 6.07) is 0. The summed E-state index contributed by atoms with van der Waals surface area (Å²) < 4.78 is 20.6. The van der Waals surface area contributed by atoms with Gasteiger partial charge in [-0.05, 0) is 19.4 Å². The summed E-state index contributed by atoms with van der Waals surface area (Å²) in [5, 5.41) is 0. The van der Waals surface area contributed by atoms with E-state index in [0.717, 1.165) is 6.42 Å². The van der Waals surface area contributed by atoms with Crippen molar-refractivity contribution >= 4 is 0 Å². The number of methoxy groups -OCH3 is 1. The molecule has 0 saturated carbocycles. The van der Waals surface area contributed by atoms with Gasteiger partial charge in [-0.2, -0.15) is 0 Å². The molecule has 82 valence electrons. The van der Waals surface area contributed by atoms with E-state index in [1.807, 2.05) is 19.1 Å². The van der Waals surface area contributed by atoms with Gasteiger partial charge in [0.1, 0.15) is 6.79 Å². The molecule has 4 heteroatoms. The first kappa shape index (κ1) is 11.7. The third-order valence-corrected chi connectivity index (χ3v) is 1.78. The molecular weight excluding hydrogens is 184 g/mol. The molecule has 0 aliphatic carbocycles. The summed E-state index contributed by atoms with van der Waals surface area (Å²) in [6.07, 6.45) is 4.79. The normalized spacial score (nSPS) is 27.6. The van der Waals surface area contributed by atoms with E-state index in [-0.39, 0.29) is 12.4 Å². The zero-order valence-electron chi connectivity index (χ0n) is 8.77. The minimum atomic E-state index is -0.174. The monoisotopic (exact) mass is 202 g/mol. The van der Waals surface area contributed by atoms with Gasteiger partial charge in [0.2, 0.25) is 0 Å². The molecule has 4 nitrogen and oxygen atoms in total. The fraction of sp³-hybridized carbons (Fsp3) is 0.800. The minimum Gasteiger partial charge on any atom is -0.359 e. The number of rotatable bonds is 6. The van der Waals surface area contributed by atoms with Gasteiger partial charge in [-0.15, -0.1) is 0 Å². The van der Waals surface area contributed by atoms with E-state index in [1.54, 1.807) is 7.11 Å². The predicted molar refractivity (Wildman–Crippen MR) is 51.9 cm³/mol. The van der Waals surface area contributed by atoms with E-state index in [1.165, 1.54) is 0 Å². The molecule has 1 rings (SSSR count). The van der Waals surface area contributed by atoms with Gasteiger partial charge in [-0.1, -0.05) is 6.08 Å². The van der Waals surface area contributed by atoms with Crippen LogP contribution in [-0.2, 0) is 18.9 Å². The second-order valence-electron chi connectivity index (χ2n) is 3.18. The van der Waals surface area contributed by atoms with Gasteiger partial charge in [0.15, 0.2) is 6.29 Å². The molecule has 1 heterocycles. The SMILES string of the molecule is COCOCCC=CC1OCC(C)O1. The van der Waals surface area contributed by atoms with Gasteiger partial charge >= 0.3 is 0 Å². The Bertz CT molecular complexity index is 170. The average Bonchev–Trinajstić information content (AvgIpc) is 2.58. The number of hydrogen-bond acceptors (Lipinski definition) is 4. The quantitative estimate of drug-likeness (QED) is 0.370. The Labute approximate surface area is 84.8 Å². The second-order valence-corrected chi connectivity index (χ2v) is 3.18. The molecule has 1 fully saturated rings. The van der Waals surface area contributed by atoms with Crippen molar-refractivity contribution in [3.63, 3.8) is 0 Å². The molecule has 0 spiro atoms. The van der Waals surface area contributed by atoms with Crippen molar-refractivity contribution in [1.82, 2.24) is 0 Å². The lowest BCUT2D eigenvalue weighted by Gasteiger charge is -2.03. The summed E-state index contributed by atoms with van der Waals surface area (Å²) in [5.41, 5.74) is 0. The van der Waals surface area contributed by atoms with Crippen molar-refractivity contribution in [2.75, 3.05) is 27.1 Å². The lowest BCUT2D eigenvalue weighted by atomic mass is 10.4. The maximum Gasteiger partial charge on any atom is 0.177 e. The van der Waals surface area contributed by atoms with E-state index >= 15 is 0 Å². The Hall–Kier alpha value is -0.420. The highest BCUT2D eigenvalue weighted by Crippen LogP contribution is 2.11. The van der Waals surface area contributed by atoms with E-state index < -0.39 is 0 Å². The smallest absolute Gasteiger partial charge is 0.177 e. The highest BCUT2D eigenvalue weighted by molar-refractivity contribution is 4.87. The van der Waals surface area contributed by atoms with Crippen molar-refractivity contribution in [1.29, 1.82) is 0 Å². The van der Waals surface area contributed by atoms with Crippen molar-refractivity contribution in [2.24, 2.45) is 0 Å². The van der Waals surface area contributed by atoms with Crippen LogP contribution in [0.3, 0.4) is 0 Å². The van der Waals surface area contributed by atoms with Gasteiger partial charge in [0, 0.05) is 7.11 Å². The minimum absolute atomic E-state index is 0.174. The average molecular weight is 202 g/mol. The van der Waals surface area contributed by atoms with Crippen molar-refractivity contribution in [2.45, 2.75) is 25.7 Å². The lowest BCUT2D eigenvalue weighted by Crippen LogP contribution is -2.05. The van der Waals surface area contributed by atoms with Gasteiger partial charge < -0.3 is 18.9 Å². The number of ether oxygens (including phenoxy) is 4. The molecule has 0 aromatic rings. The molecule has 2 atom stereocenters. The van der Waals surface area contributed by atoms with Crippen LogP contribution in [0.4, 0.5) is 0 Å². The topological polar surface area (TPSA) is 36.9 Å². The van der Waals surface area contributed by atoms with Crippen LogP contribution in [0.1, 0.15) is 13.3 Å². The first-order valence-corrected chi connectivity index (χ1v) is 4.83. The molecule has 0 amide bonds. The van der Waals surface area contributed by atoms with E-state index in [2.05, 4.69) is 0 Å². The molecule has 1 aliphatic heterocycles. The molecule has 0 aromatic heterocycles. The second kappa shape index (κ2) is 6.95. The van der Waals surface area contributed by atoms with Gasteiger partial charge in [-0.25, -0.2) is 0 Å². The molecule has 0 radical (unpaired) electrons. The van der Waals surface area contributed by atoms with Gasteiger partial charge in [0.25, 0.3) is 0 Å². The van der Waals surface area contributed by atoms with Gasteiger partial charge in [-0.3, -0.25) is 0 Å². The van der Waals surface area contributed by atoms with Crippen molar-refractivity contribution < 1.29 is 18.9 Å². The Morgan fingerprint density at radius 2 is 2.36 bits per heavy atom. The van der Waals surface area contributed by atoms with Crippen molar-refractivity contribution in [3.8, 4) is 0 Å². The fourth-order valence-electron chi connectivity index (χ4n) is 1.14. The van der Waals surface area contributed by atoms with E-state index in [9.17, 15) is 0 Å². The summed E-state index contributed by atoms with van der Waals surface area (Å²) in [7, 11) is 1.61.